The summed E-state index contributed by atoms with van der Waals surface area (Å²) in [7, 11) is 1.64. The molecule has 0 atom stereocenters. The summed E-state index contributed by atoms with van der Waals surface area (Å²) in [5.41, 5.74) is 1.71. The van der Waals surface area contributed by atoms with Crippen LogP contribution in [-0.2, 0) is 0 Å². The lowest BCUT2D eigenvalue weighted by molar-refractivity contribution is 0.243. The standard InChI is InChI=1S/C17H16ClNO2/c1-10(2)21-12-5-7-16-14(9-12)17(18)13-8-11(20-3)4-6-15(13)19-16/h4-10H,1-3H3. The number of aromatic nitrogens is 1. The zero-order chi connectivity index (χ0) is 15.0. The zero-order valence-corrected chi connectivity index (χ0v) is 12.9. The van der Waals surface area contributed by atoms with Crippen LogP contribution in [-0.4, -0.2) is 18.2 Å². The Hall–Kier alpha value is -2.00. The second kappa shape index (κ2) is 5.41. The highest BCUT2D eigenvalue weighted by atomic mass is 35.5. The summed E-state index contributed by atoms with van der Waals surface area (Å²) in [6.45, 7) is 3.99. The van der Waals surface area contributed by atoms with E-state index in [-0.39, 0.29) is 6.10 Å². The molecule has 21 heavy (non-hydrogen) atoms. The maximum Gasteiger partial charge on any atom is 0.120 e. The third-order valence-electron chi connectivity index (χ3n) is 3.26. The van der Waals surface area contributed by atoms with Gasteiger partial charge in [-0.3, -0.25) is 0 Å². The van der Waals surface area contributed by atoms with Crippen molar-refractivity contribution in [2.24, 2.45) is 0 Å². The summed E-state index contributed by atoms with van der Waals surface area (Å²) in [5.74, 6) is 1.56. The number of hydrogen-bond acceptors (Lipinski definition) is 3. The number of rotatable bonds is 3. The molecular formula is C17H16ClNO2. The summed E-state index contributed by atoms with van der Waals surface area (Å²) >= 11 is 6.56. The smallest absolute Gasteiger partial charge is 0.120 e. The SMILES string of the molecule is COc1ccc2nc3ccc(OC(C)C)cc3c(Cl)c2c1. The maximum absolute atomic E-state index is 6.56. The van der Waals surface area contributed by atoms with E-state index in [9.17, 15) is 0 Å². The highest BCUT2D eigenvalue weighted by molar-refractivity contribution is 6.40. The van der Waals surface area contributed by atoms with Crippen LogP contribution in [0.25, 0.3) is 21.8 Å². The van der Waals surface area contributed by atoms with Gasteiger partial charge in [-0.25, -0.2) is 4.98 Å². The number of fused-ring (bicyclic) bond motifs is 2. The molecule has 108 valence electrons. The van der Waals surface area contributed by atoms with Crippen molar-refractivity contribution in [2.45, 2.75) is 20.0 Å². The number of ether oxygens (including phenoxy) is 2. The average molecular weight is 302 g/mol. The first kappa shape index (κ1) is 14.0. The minimum Gasteiger partial charge on any atom is -0.497 e. The van der Waals surface area contributed by atoms with Gasteiger partial charge in [0, 0.05) is 10.8 Å². The molecule has 1 heterocycles. The fourth-order valence-electron chi connectivity index (χ4n) is 2.32. The molecule has 0 radical (unpaired) electrons. The van der Waals surface area contributed by atoms with E-state index in [1.165, 1.54) is 0 Å². The molecule has 1 aromatic heterocycles. The highest BCUT2D eigenvalue weighted by Crippen LogP contribution is 2.34. The molecule has 3 aromatic rings. The first-order valence-corrected chi connectivity index (χ1v) is 7.20. The Balaban J connectivity index is 2.25. The fourth-order valence-corrected chi connectivity index (χ4v) is 2.63. The quantitative estimate of drug-likeness (QED) is 0.649. The van der Waals surface area contributed by atoms with Crippen molar-refractivity contribution in [3.05, 3.63) is 41.4 Å². The van der Waals surface area contributed by atoms with E-state index in [0.29, 0.717) is 5.02 Å². The summed E-state index contributed by atoms with van der Waals surface area (Å²) in [4.78, 5) is 4.64. The van der Waals surface area contributed by atoms with Gasteiger partial charge in [-0.2, -0.15) is 0 Å². The molecule has 3 rings (SSSR count). The van der Waals surface area contributed by atoms with Crippen molar-refractivity contribution in [1.82, 2.24) is 4.98 Å². The maximum atomic E-state index is 6.56. The molecule has 0 amide bonds. The molecule has 0 aliphatic heterocycles. The number of halogens is 1. The van der Waals surface area contributed by atoms with Crippen molar-refractivity contribution < 1.29 is 9.47 Å². The van der Waals surface area contributed by atoms with Crippen LogP contribution in [0, 0.1) is 0 Å². The monoisotopic (exact) mass is 301 g/mol. The number of hydrogen-bond donors (Lipinski definition) is 0. The van der Waals surface area contributed by atoms with Gasteiger partial charge in [0.1, 0.15) is 11.5 Å². The molecule has 0 aliphatic rings. The number of nitrogens with zero attached hydrogens (tertiary/aromatic N) is 1. The van der Waals surface area contributed by atoms with Crippen molar-refractivity contribution in [3.63, 3.8) is 0 Å². The van der Waals surface area contributed by atoms with Crippen LogP contribution in [0.2, 0.25) is 5.02 Å². The Morgan fingerprint density at radius 1 is 0.952 bits per heavy atom. The van der Waals surface area contributed by atoms with E-state index in [0.717, 1.165) is 33.3 Å². The van der Waals surface area contributed by atoms with E-state index >= 15 is 0 Å². The van der Waals surface area contributed by atoms with Gasteiger partial charge in [0.15, 0.2) is 0 Å². The Bertz CT molecular complexity index is 815. The first-order chi connectivity index (χ1) is 10.1. The molecule has 0 aliphatic carbocycles. The average Bonchev–Trinajstić information content (AvgIpc) is 2.47. The minimum atomic E-state index is 0.120. The van der Waals surface area contributed by atoms with Gasteiger partial charge in [-0.15, -0.1) is 0 Å². The molecule has 0 fully saturated rings. The molecule has 0 saturated carbocycles. The van der Waals surface area contributed by atoms with E-state index in [1.807, 2.05) is 50.2 Å². The number of benzene rings is 2. The van der Waals surface area contributed by atoms with Crippen molar-refractivity contribution in [1.29, 1.82) is 0 Å². The number of pyridine rings is 1. The molecule has 0 spiro atoms. The molecular weight excluding hydrogens is 286 g/mol. The third kappa shape index (κ3) is 2.61. The molecule has 2 aromatic carbocycles. The van der Waals surface area contributed by atoms with E-state index in [4.69, 9.17) is 21.1 Å². The van der Waals surface area contributed by atoms with Gasteiger partial charge in [-0.1, -0.05) is 11.6 Å². The lowest BCUT2D eigenvalue weighted by atomic mass is 10.1. The minimum absolute atomic E-state index is 0.120. The number of methoxy groups -OCH3 is 1. The van der Waals surface area contributed by atoms with Gasteiger partial charge in [-0.05, 0) is 50.2 Å². The van der Waals surface area contributed by atoms with Crippen LogP contribution >= 0.6 is 11.6 Å². The second-order valence-electron chi connectivity index (χ2n) is 5.15. The molecule has 0 bridgehead atoms. The summed E-state index contributed by atoms with van der Waals surface area (Å²) in [5, 5.41) is 2.43. The lowest BCUT2D eigenvalue weighted by Crippen LogP contribution is -2.05. The topological polar surface area (TPSA) is 31.4 Å². The zero-order valence-electron chi connectivity index (χ0n) is 12.2. The van der Waals surface area contributed by atoms with Crippen LogP contribution < -0.4 is 9.47 Å². The Morgan fingerprint density at radius 3 is 2.10 bits per heavy atom. The fraction of sp³-hybridized carbons (Fsp3) is 0.235. The normalized spacial score (nSPS) is 11.3. The van der Waals surface area contributed by atoms with Crippen LogP contribution in [0.3, 0.4) is 0 Å². The second-order valence-corrected chi connectivity index (χ2v) is 5.53. The molecule has 0 saturated heterocycles. The Morgan fingerprint density at radius 2 is 1.52 bits per heavy atom. The first-order valence-electron chi connectivity index (χ1n) is 6.82. The van der Waals surface area contributed by atoms with Crippen molar-refractivity contribution in [2.75, 3.05) is 7.11 Å². The third-order valence-corrected chi connectivity index (χ3v) is 3.66. The lowest BCUT2D eigenvalue weighted by Gasteiger charge is -2.12. The van der Waals surface area contributed by atoms with Crippen LogP contribution in [0.1, 0.15) is 13.8 Å². The summed E-state index contributed by atoms with van der Waals surface area (Å²) < 4.78 is 11.0. The van der Waals surface area contributed by atoms with Gasteiger partial charge in [0.2, 0.25) is 0 Å². The van der Waals surface area contributed by atoms with Crippen LogP contribution in [0.15, 0.2) is 36.4 Å². The Kier molecular flexibility index (Phi) is 3.60. The predicted molar refractivity (Wildman–Crippen MR) is 86.6 cm³/mol. The summed E-state index contributed by atoms with van der Waals surface area (Å²) in [6, 6.07) is 11.5. The van der Waals surface area contributed by atoms with Gasteiger partial charge in [0.25, 0.3) is 0 Å². The molecule has 4 heteroatoms. The van der Waals surface area contributed by atoms with E-state index in [2.05, 4.69) is 4.98 Å². The largest absolute Gasteiger partial charge is 0.497 e. The summed E-state index contributed by atoms with van der Waals surface area (Å²) in [6.07, 6.45) is 0.120. The van der Waals surface area contributed by atoms with Crippen LogP contribution in [0.4, 0.5) is 0 Å². The van der Waals surface area contributed by atoms with Gasteiger partial charge < -0.3 is 9.47 Å². The molecule has 0 N–H and O–H groups in total. The van der Waals surface area contributed by atoms with Crippen molar-refractivity contribution in [3.8, 4) is 11.5 Å². The van der Waals surface area contributed by atoms with Crippen molar-refractivity contribution >= 4 is 33.4 Å². The van der Waals surface area contributed by atoms with E-state index < -0.39 is 0 Å². The Labute approximate surface area is 128 Å². The van der Waals surface area contributed by atoms with Crippen LogP contribution in [0.5, 0.6) is 11.5 Å². The molecule has 3 nitrogen and oxygen atoms in total. The van der Waals surface area contributed by atoms with Gasteiger partial charge >= 0.3 is 0 Å². The highest BCUT2D eigenvalue weighted by Gasteiger charge is 2.10. The predicted octanol–water partition coefficient (Wildman–Crippen LogP) is 4.84. The van der Waals surface area contributed by atoms with Gasteiger partial charge in [0.05, 0.1) is 29.3 Å². The van der Waals surface area contributed by atoms with E-state index in [1.54, 1.807) is 7.11 Å². The molecule has 0 unspecified atom stereocenters.